The molecule has 1 heterocycles. The van der Waals surface area contributed by atoms with Crippen molar-refractivity contribution in [3.8, 4) is 0 Å². The van der Waals surface area contributed by atoms with Crippen LogP contribution >= 0.6 is 0 Å². The molecule has 0 saturated heterocycles. The van der Waals surface area contributed by atoms with Crippen molar-refractivity contribution in [2.45, 2.75) is 40.2 Å². The first-order valence-corrected chi connectivity index (χ1v) is 5.79. The molecule has 0 radical (unpaired) electrons. The average Bonchev–Trinajstić information content (AvgIpc) is 2.21. The highest BCUT2D eigenvalue weighted by atomic mass is 15.1. The van der Waals surface area contributed by atoms with Crippen LogP contribution in [0.3, 0.4) is 0 Å². The van der Waals surface area contributed by atoms with Gasteiger partial charge in [0.1, 0.15) is 5.82 Å². The van der Waals surface area contributed by atoms with Gasteiger partial charge in [-0.25, -0.2) is 4.98 Å². The number of nitrogens with two attached hydrogens (primary N) is 1. The van der Waals surface area contributed by atoms with Crippen molar-refractivity contribution in [3.63, 3.8) is 0 Å². The molecule has 0 aromatic carbocycles. The smallest absolute Gasteiger partial charge is 0.148 e. The minimum absolute atomic E-state index is 0.273. The maximum atomic E-state index is 5.75. The summed E-state index contributed by atoms with van der Waals surface area (Å²) >= 11 is 0. The monoisotopic (exact) mass is 222 g/mol. The summed E-state index contributed by atoms with van der Waals surface area (Å²) in [5.41, 5.74) is 7.59. The second kappa shape index (κ2) is 5.80. The van der Waals surface area contributed by atoms with Gasteiger partial charge in [0.25, 0.3) is 0 Å². The molecule has 4 nitrogen and oxygen atoms in total. The molecule has 1 rings (SSSR count). The van der Waals surface area contributed by atoms with E-state index >= 15 is 0 Å². The molecule has 0 amide bonds. The summed E-state index contributed by atoms with van der Waals surface area (Å²) in [7, 11) is 0. The summed E-state index contributed by atoms with van der Waals surface area (Å²) in [5, 5.41) is 3.37. The molecule has 1 unspecified atom stereocenters. The molecule has 4 heteroatoms. The first kappa shape index (κ1) is 12.9. The van der Waals surface area contributed by atoms with E-state index in [1.807, 2.05) is 13.8 Å². The quantitative estimate of drug-likeness (QED) is 0.798. The van der Waals surface area contributed by atoms with E-state index in [1.165, 1.54) is 0 Å². The van der Waals surface area contributed by atoms with Crippen LogP contribution in [0.2, 0.25) is 0 Å². The number of aromatic nitrogens is 2. The summed E-state index contributed by atoms with van der Waals surface area (Å²) in [4.78, 5) is 8.72. The predicted molar refractivity (Wildman–Crippen MR) is 67.4 cm³/mol. The lowest BCUT2D eigenvalue weighted by molar-refractivity contribution is 0.520. The number of nitrogens with one attached hydrogen (secondary N) is 1. The van der Waals surface area contributed by atoms with Gasteiger partial charge in [-0.1, -0.05) is 13.8 Å². The van der Waals surface area contributed by atoms with Gasteiger partial charge in [0.05, 0.1) is 11.4 Å². The summed E-state index contributed by atoms with van der Waals surface area (Å²) in [6.45, 7) is 8.90. The van der Waals surface area contributed by atoms with Crippen LogP contribution < -0.4 is 11.1 Å². The van der Waals surface area contributed by atoms with Crippen molar-refractivity contribution >= 4 is 5.82 Å². The van der Waals surface area contributed by atoms with E-state index < -0.39 is 0 Å². The first-order chi connectivity index (χ1) is 7.52. The Morgan fingerprint density at radius 3 is 2.62 bits per heavy atom. The van der Waals surface area contributed by atoms with Crippen molar-refractivity contribution in [3.05, 3.63) is 17.6 Å². The summed E-state index contributed by atoms with van der Waals surface area (Å²) in [6, 6.07) is 0.273. The van der Waals surface area contributed by atoms with E-state index in [-0.39, 0.29) is 6.04 Å². The van der Waals surface area contributed by atoms with Crippen molar-refractivity contribution in [1.29, 1.82) is 0 Å². The summed E-state index contributed by atoms with van der Waals surface area (Å²) in [5.74, 6) is 1.48. The van der Waals surface area contributed by atoms with Crippen LogP contribution in [-0.4, -0.2) is 22.6 Å². The second-order valence-corrected chi connectivity index (χ2v) is 4.65. The van der Waals surface area contributed by atoms with Crippen LogP contribution in [0.15, 0.2) is 6.20 Å². The number of anilines is 1. The van der Waals surface area contributed by atoms with Crippen LogP contribution in [0.25, 0.3) is 0 Å². The Morgan fingerprint density at radius 1 is 1.38 bits per heavy atom. The second-order valence-electron chi connectivity index (χ2n) is 4.65. The van der Waals surface area contributed by atoms with Gasteiger partial charge in [-0.3, -0.25) is 4.98 Å². The molecule has 0 aliphatic rings. The Hall–Kier alpha value is -1.16. The molecule has 0 fully saturated rings. The fraction of sp³-hybridized carbons (Fsp3) is 0.667. The number of hydrogen-bond donors (Lipinski definition) is 2. The van der Waals surface area contributed by atoms with Gasteiger partial charge in [0.15, 0.2) is 0 Å². The highest BCUT2D eigenvalue weighted by molar-refractivity contribution is 5.40. The predicted octanol–water partition coefficient (Wildman–Crippen LogP) is 1.88. The molecule has 1 aromatic rings. The molecule has 1 aromatic heterocycles. The fourth-order valence-corrected chi connectivity index (χ4v) is 1.65. The fourth-order valence-electron chi connectivity index (χ4n) is 1.65. The minimum atomic E-state index is 0.273. The van der Waals surface area contributed by atoms with Crippen molar-refractivity contribution in [1.82, 2.24) is 9.97 Å². The molecule has 1 atom stereocenters. The van der Waals surface area contributed by atoms with Gasteiger partial charge in [-0.15, -0.1) is 0 Å². The van der Waals surface area contributed by atoms with Gasteiger partial charge in [-0.05, 0) is 26.2 Å². The van der Waals surface area contributed by atoms with Gasteiger partial charge in [0.2, 0.25) is 0 Å². The van der Waals surface area contributed by atoms with Crippen LogP contribution in [0.5, 0.6) is 0 Å². The van der Waals surface area contributed by atoms with Gasteiger partial charge >= 0.3 is 0 Å². The maximum absolute atomic E-state index is 5.75. The molecule has 0 spiro atoms. The average molecular weight is 222 g/mol. The van der Waals surface area contributed by atoms with Gasteiger partial charge in [0, 0.05) is 18.8 Å². The Bertz CT molecular complexity index is 336. The molecule has 0 saturated carbocycles. The molecular formula is C12H22N4. The largest absolute Gasteiger partial charge is 0.365 e. The lowest BCUT2D eigenvalue weighted by Crippen LogP contribution is -2.31. The topological polar surface area (TPSA) is 63.8 Å². The van der Waals surface area contributed by atoms with Crippen LogP contribution in [-0.2, 0) is 0 Å². The molecule has 0 aliphatic carbocycles. The standard InChI is InChI=1S/C12H22N4/c1-8(2)5-11(6-13)16-12-10(4)14-7-9(3)15-12/h7-8,11H,5-6,13H2,1-4H3,(H,15,16). The molecule has 90 valence electrons. The van der Waals surface area contributed by atoms with E-state index in [0.717, 1.165) is 23.6 Å². The molecule has 16 heavy (non-hydrogen) atoms. The third kappa shape index (κ3) is 3.77. The number of rotatable bonds is 5. The Balaban J connectivity index is 2.73. The van der Waals surface area contributed by atoms with E-state index in [4.69, 9.17) is 5.73 Å². The zero-order valence-electron chi connectivity index (χ0n) is 10.6. The Kier molecular flexibility index (Phi) is 4.68. The third-order valence-corrected chi connectivity index (χ3v) is 2.46. The Morgan fingerprint density at radius 2 is 2.06 bits per heavy atom. The molecule has 0 aliphatic heterocycles. The van der Waals surface area contributed by atoms with Crippen molar-refractivity contribution in [2.75, 3.05) is 11.9 Å². The minimum Gasteiger partial charge on any atom is -0.365 e. The molecular weight excluding hydrogens is 200 g/mol. The normalized spacial score (nSPS) is 12.9. The third-order valence-electron chi connectivity index (χ3n) is 2.46. The maximum Gasteiger partial charge on any atom is 0.148 e. The summed E-state index contributed by atoms with van der Waals surface area (Å²) < 4.78 is 0. The highest BCUT2D eigenvalue weighted by Crippen LogP contribution is 2.13. The first-order valence-electron chi connectivity index (χ1n) is 5.79. The Labute approximate surface area is 97.7 Å². The number of hydrogen-bond acceptors (Lipinski definition) is 4. The lowest BCUT2D eigenvalue weighted by Gasteiger charge is -2.20. The zero-order chi connectivity index (χ0) is 12.1. The van der Waals surface area contributed by atoms with E-state index in [2.05, 4.69) is 29.1 Å². The van der Waals surface area contributed by atoms with Crippen molar-refractivity contribution < 1.29 is 0 Å². The van der Waals surface area contributed by atoms with E-state index in [0.29, 0.717) is 12.5 Å². The lowest BCUT2D eigenvalue weighted by atomic mass is 10.0. The highest BCUT2D eigenvalue weighted by Gasteiger charge is 2.11. The van der Waals surface area contributed by atoms with Crippen LogP contribution in [0.1, 0.15) is 31.7 Å². The molecule has 3 N–H and O–H groups in total. The van der Waals surface area contributed by atoms with E-state index in [1.54, 1.807) is 6.20 Å². The number of nitrogens with zero attached hydrogens (tertiary/aromatic N) is 2. The van der Waals surface area contributed by atoms with Gasteiger partial charge in [-0.2, -0.15) is 0 Å². The van der Waals surface area contributed by atoms with Crippen LogP contribution in [0.4, 0.5) is 5.82 Å². The zero-order valence-corrected chi connectivity index (χ0v) is 10.6. The SMILES string of the molecule is Cc1cnc(C)c(NC(CN)CC(C)C)n1. The van der Waals surface area contributed by atoms with Crippen molar-refractivity contribution in [2.24, 2.45) is 11.7 Å². The molecule has 0 bridgehead atoms. The van der Waals surface area contributed by atoms with E-state index in [9.17, 15) is 0 Å². The number of aryl methyl sites for hydroxylation is 2. The van der Waals surface area contributed by atoms with Gasteiger partial charge < -0.3 is 11.1 Å². The van der Waals surface area contributed by atoms with Crippen LogP contribution in [0, 0.1) is 19.8 Å². The summed E-state index contributed by atoms with van der Waals surface area (Å²) in [6.07, 6.45) is 2.83.